The standard InChI is InChI=1S/C13H17N3O4S/c1-10-8-12(9-13(11(10)2)16(17)18)21(19,20)15-7-5-3-4-6-14/h8-9,15H,3-5,7H2,1-2H3. The minimum absolute atomic E-state index is 0.113. The molecule has 0 aliphatic rings. The van der Waals surface area contributed by atoms with Gasteiger partial charge in [0.1, 0.15) is 0 Å². The molecule has 7 nitrogen and oxygen atoms in total. The lowest BCUT2D eigenvalue weighted by Gasteiger charge is -2.09. The summed E-state index contributed by atoms with van der Waals surface area (Å²) in [6, 6.07) is 4.46. The van der Waals surface area contributed by atoms with Gasteiger partial charge in [-0.05, 0) is 38.3 Å². The fraction of sp³-hybridized carbons (Fsp3) is 0.462. The lowest BCUT2D eigenvalue weighted by Crippen LogP contribution is -2.25. The molecular weight excluding hydrogens is 294 g/mol. The molecule has 1 aromatic carbocycles. The van der Waals surface area contributed by atoms with Crippen LogP contribution < -0.4 is 4.72 Å². The van der Waals surface area contributed by atoms with Crippen molar-refractivity contribution in [3.05, 3.63) is 33.4 Å². The van der Waals surface area contributed by atoms with Crippen molar-refractivity contribution < 1.29 is 13.3 Å². The Morgan fingerprint density at radius 3 is 2.57 bits per heavy atom. The Morgan fingerprint density at radius 2 is 2.00 bits per heavy atom. The number of benzene rings is 1. The van der Waals surface area contributed by atoms with Gasteiger partial charge in [-0.15, -0.1) is 0 Å². The summed E-state index contributed by atoms with van der Waals surface area (Å²) in [5.41, 5.74) is 0.793. The van der Waals surface area contributed by atoms with Crippen molar-refractivity contribution in [1.29, 1.82) is 5.26 Å². The van der Waals surface area contributed by atoms with E-state index in [4.69, 9.17) is 5.26 Å². The summed E-state index contributed by atoms with van der Waals surface area (Å²) in [6.45, 7) is 3.41. The van der Waals surface area contributed by atoms with Crippen LogP contribution in [0.4, 0.5) is 5.69 Å². The number of nitrogens with one attached hydrogen (secondary N) is 1. The molecule has 0 heterocycles. The Kier molecular flexibility index (Phi) is 5.81. The van der Waals surface area contributed by atoms with E-state index in [9.17, 15) is 18.5 Å². The van der Waals surface area contributed by atoms with Crippen molar-refractivity contribution in [2.45, 2.75) is 38.0 Å². The van der Waals surface area contributed by atoms with Crippen LogP contribution in [0.2, 0.25) is 0 Å². The van der Waals surface area contributed by atoms with Crippen LogP contribution in [0.1, 0.15) is 30.4 Å². The molecule has 1 N–H and O–H groups in total. The van der Waals surface area contributed by atoms with Crippen LogP contribution in [-0.4, -0.2) is 19.9 Å². The summed E-state index contributed by atoms with van der Waals surface area (Å²) < 4.78 is 26.6. The molecule has 1 aromatic rings. The predicted molar refractivity (Wildman–Crippen MR) is 77.2 cm³/mol. The number of sulfonamides is 1. The molecule has 0 radical (unpaired) electrons. The molecule has 0 saturated heterocycles. The van der Waals surface area contributed by atoms with Gasteiger partial charge in [0.25, 0.3) is 5.69 Å². The first-order valence-electron chi connectivity index (χ1n) is 6.42. The van der Waals surface area contributed by atoms with E-state index in [0.29, 0.717) is 30.4 Å². The smallest absolute Gasteiger partial charge is 0.258 e. The second kappa shape index (κ2) is 7.15. The van der Waals surface area contributed by atoms with Gasteiger partial charge in [-0.1, -0.05) is 0 Å². The van der Waals surface area contributed by atoms with Crippen molar-refractivity contribution in [2.75, 3.05) is 6.54 Å². The first-order valence-corrected chi connectivity index (χ1v) is 7.90. The van der Waals surface area contributed by atoms with Crippen molar-refractivity contribution in [3.63, 3.8) is 0 Å². The maximum absolute atomic E-state index is 12.1. The predicted octanol–water partition coefficient (Wildman–Crippen LogP) is 2.18. The third-order valence-corrected chi connectivity index (χ3v) is 4.57. The van der Waals surface area contributed by atoms with E-state index in [1.807, 2.05) is 6.07 Å². The number of nitrogens with zero attached hydrogens (tertiary/aromatic N) is 2. The monoisotopic (exact) mass is 311 g/mol. The largest absolute Gasteiger partial charge is 0.273 e. The van der Waals surface area contributed by atoms with Crippen LogP contribution in [0, 0.1) is 35.3 Å². The maximum Gasteiger partial charge on any atom is 0.273 e. The first-order chi connectivity index (χ1) is 9.79. The van der Waals surface area contributed by atoms with Crippen LogP contribution in [0.5, 0.6) is 0 Å². The van der Waals surface area contributed by atoms with Crippen molar-refractivity contribution in [2.24, 2.45) is 0 Å². The zero-order chi connectivity index (χ0) is 16.0. The lowest BCUT2D eigenvalue weighted by molar-refractivity contribution is -0.385. The first kappa shape index (κ1) is 17.1. The third kappa shape index (κ3) is 4.51. The summed E-state index contributed by atoms with van der Waals surface area (Å²) in [5.74, 6) is 0. The second-order valence-electron chi connectivity index (χ2n) is 4.65. The van der Waals surface area contributed by atoms with E-state index in [1.54, 1.807) is 13.8 Å². The Bertz CT molecular complexity index is 677. The second-order valence-corrected chi connectivity index (χ2v) is 6.42. The Balaban J connectivity index is 2.94. The number of aryl methyl sites for hydroxylation is 1. The van der Waals surface area contributed by atoms with E-state index in [2.05, 4.69) is 4.72 Å². The normalized spacial score (nSPS) is 11.1. The molecule has 0 fully saturated rings. The molecule has 0 unspecified atom stereocenters. The zero-order valence-corrected chi connectivity index (χ0v) is 12.7. The number of nitro groups is 1. The van der Waals surface area contributed by atoms with Gasteiger partial charge in [-0.3, -0.25) is 10.1 Å². The Labute approximate surface area is 123 Å². The molecule has 0 aliphatic carbocycles. The molecule has 0 atom stereocenters. The van der Waals surface area contributed by atoms with E-state index in [0.717, 1.165) is 6.07 Å². The highest BCUT2D eigenvalue weighted by atomic mass is 32.2. The molecule has 0 aliphatic heterocycles. The van der Waals surface area contributed by atoms with Gasteiger partial charge in [0.05, 0.1) is 15.9 Å². The van der Waals surface area contributed by atoms with Gasteiger partial charge >= 0.3 is 0 Å². The number of nitro benzene ring substituents is 1. The van der Waals surface area contributed by atoms with E-state index < -0.39 is 14.9 Å². The zero-order valence-electron chi connectivity index (χ0n) is 11.9. The van der Waals surface area contributed by atoms with Crippen molar-refractivity contribution >= 4 is 15.7 Å². The highest BCUT2D eigenvalue weighted by Gasteiger charge is 2.21. The lowest BCUT2D eigenvalue weighted by atomic mass is 10.1. The number of nitriles is 1. The number of rotatable bonds is 7. The minimum atomic E-state index is -3.78. The summed E-state index contributed by atoms with van der Waals surface area (Å²) >= 11 is 0. The van der Waals surface area contributed by atoms with Crippen LogP contribution >= 0.6 is 0 Å². The summed E-state index contributed by atoms with van der Waals surface area (Å²) in [6.07, 6.45) is 1.52. The molecule has 0 saturated carbocycles. The Morgan fingerprint density at radius 1 is 1.33 bits per heavy atom. The summed E-state index contributed by atoms with van der Waals surface area (Å²) in [5, 5.41) is 19.3. The average molecular weight is 311 g/mol. The fourth-order valence-corrected chi connectivity index (χ4v) is 2.95. The Hall–Kier alpha value is -1.98. The molecule has 21 heavy (non-hydrogen) atoms. The molecule has 114 valence electrons. The molecule has 1 rings (SSSR count). The molecule has 8 heteroatoms. The average Bonchev–Trinajstić information content (AvgIpc) is 2.40. The SMILES string of the molecule is Cc1cc(S(=O)(=O)NCCCCC#N)cc([N+](=O)[O-])c1C. The highest BCUT2D eigenvalue weighted by Crippen LogP contribution is 2.25. The molecular formula is C13H17N3O4S. The maximum atomic E-state index is 12.1. The van der Waals surface area contributed by atoms with Crippen LogP contribution in [-0.2, 0) is 10.0 Å². The van der Waals surface area contributed by atoms with E-state index in [-0.39, 0.29) is 17.1 Å². The number of unbranched alkanes of at least 4 members (excludes halogenated alkanes) is 2. The van der Waals surface area contributed by atoms with Gasteiger partial charge in [0.2, 0.25) is 10.0 Å². The molecule has 0 aromatic heterocycles. The topological polar surface area (TPSA) is 113 Å². The fourth-order valence-electron chi connectivity index (χ4n) is 1.77. The number of hydrogen-bond donors (Lipinski definition) is 1. The summed E-state index contributed by atoms with van der Waals surface area (Å²) in [4.78, 5) is 10.2. The molecule has 0 bridgehead atoms. The van der Waals surface area contributed by atoms with Gasteiger partial charge in [-0.2, -0.15) is 5.26 Å². The van der Waals surface area contributed by atoms with Crippen LogP contribution in [0.25, 0.3) is 0 Å². The van der Waals surface area contributed by atoms with Gasteiger partial charge < -0.3 is 0 Å². The van der Waals surface area contributed by atoms with Gasteiger partial charge in [0.15, 0.2) is 0 Å². The summed E-state index contributed by atoms with van der Waals surface area (Å²) in [7, 11) is -3.78. The van der Waals surface area contributed by atoms with Crippen molar-refractivity contribution in [1.82, 2.24) is 4.72 Å². The minimum Gasteiger partial charge on any atom is -0.258 e. The molecule has 0 amide bonds. The quantitative estimate of drug-likeness (QED) is 0.471. The van der Waals surface area contributed by atoms with E-state index in [1.165, 1.54) is 6.07 Å². The third-order valence-electron chi connectivity index (χ3n) is 3.13. The van der Waals surface area contributed by atoms with Gasteiger partial charge in [0, 0.05) is 24.6 Å². The van der Waals surface area contributed by atoms with Crippen LogP contribution in [0.3, 0.4) is 0 Å². The van der Waals surface area contributed by atoms with Crippen molar-refractivity contribution in [3.8, 4) is 6.07 Å². The van der Waals surface area contributed by atoms with E-state index >= 15 is 0 Å². The molecule has 0 spiro atoms. The van der Waals surface area contributed by atoms with Gasteiger partial charge in [-0.25, -0.2) is 13.1 Å². The number of hydrogen-bond acceptors (Lipinski definition) is 5. The van der Waals surface area contributed by atoms with Crippen LogP contribution in [0.15, 0.2) is 17.0 Å². The highest BCUT2D eigenvalue weighted by molar-refractivity contribution is 7.89.